The van der Waals surface area contributed by atoms with E-state index in [4.69, 9.17) is 16.7 Å². The molecule has 0 fully saturated rings. The molecular formula is C13H17ClN6O3. The molecule has 2 heterocycles. The van der Waals surface area contributed by atoms with Gasteiger partial charge in [-0.3, -0.25) is 19.4 Å². The van der Waals surface area contributed by atoms with Gasteiger partial charge in [-0.05, 0) is 20.8 Å². The van der Waals surface area contributed by atoms with Crippen molar-refractivity contribution in [2.24, 2.45) is 0 Å². The molecule has 0 aromatic carbocycles. The molecule has 0 saturated heterocycles. The fourth-order valence-electron chi connectivity index (χ4n) is 2.04. The Labute approximate surface area is 137 Å². The number of carbonyl (C=O) groups excluding carboxylic acids is 1. The molecule has 124 valence electrons. The summed E-state index contributed by atoms with van der Waals surface area (Å²) in [5.41, 5.74) is 1.38. The van der Waals surface area contributed by atoms with Crippen LogP contribution in [-0.4, -0.2) is 41.9 Å². The molecule has 0 radical (unpaired) electrons. The number of carboxylic acids is 1. The first-order valence-electron chi connectivity index (χ1n) is 6.89. The normalized spacial score (nSPS) is 12.2. The highest BCUT2D eigenvalue weighted by atomic mass is 35.5. The second-order valence-corrected chi connectivity index (χ2v) is 5.52. The summed E-state index contributed by atoms with van der Waals surface area (Å²) >= 11 is 6.04. The zero-order chi connectivity index (χ0) is 17.1. The van der Waals surface area contributed by atoms with Crippen LogP contribution >= 0.6 is 11.6 Å². The minimum atomic E-state index is -1.01. The minimum Gasteiger partial charge on any atom is -0.481 e. The monoisotopic (exact) mass is 340 g/mol. The van der Waals surface area contributed by atoms with Gasteiger partial charge in [0, 0.05) is 0 Å². The van der Waals surface area contributed by atoms with Gasteiger partial charge in [-0.2, -0.15) is 10.2 Å². The average molecular weight is 341 g/mol. The number of H-pyrrole nitrogens is 1. The molecule has 23 heavy (non-hydrogen) atoms. The van der Waals surface area contributed by atoms with Crippen LogP contribution in [0.2, 0.25) is 5.02 Å². The third-order valence-corrected chi connectivity index (χ3v) is 3.77. The Morgan fingerprint density at radius 1 is 1.43 bits per heavy atom. The van der Waals surface area contributed by atoms with Crippen molar-refractivity contribution in [3.05, 3.63) is 28.1 Å². The highest BCUT2D eigenvalue weighted by Gasteiger charge is 2.17. The van der Waals surface area contributed by atoms with E-state index in [2.05, 4.69) is 25.6 Å². The lowest BCUT2D eigenvalue weighted by atomic mass is 10.3. The second-order valence-electron chi connectivity index (χ2n) is 5.14. The highest BCUT2D eigenvalue weighted by Crippen LogP contribution is 2.18. The van der Waals surface area contributed by atoms with Gasteiger partial charge in [-0.1, -0.05) is 11.6 Å². The molecule has 2 rings (SSSR count). The third kappa shape index (κ3) is 4.07. The van der Waals surface area contributed by atoms with Crippen molar-refractivity contribution in [2.45, 2.75) is 39.8 Å². The number of nitrogens with one attached hydrogen (secondary N) is 2. The van der Waals surface area contributed by atoms with Crippen LogP contribution < -0.4 is 5.32 Å². The number of aromatic nitrogens is 5. The van der Waals surface area contributed by atoms with E-state index in [1.807, 2.05) is 0 Å². The first-order chi connectivity index (χ1) is 10.8. The van der Waals surface area contributed by atoms with Crippen LogP contribution in [0.5, 0.6) is 0 Å². The van der Waals surface area contributed by atoms with Gasteiger partial charge in [0.15, 0.2) is 5.82 Å². The Morgan fingerprint density at radius 3 is 2.70 bits per heavy atom. The number of carbonyl (C=O) groups is 2. The minimum absolute atomic E-state index is 0.0239. The van der Waals surface area contributed by atoms with E-state index < -0.39 is 12.0 Å². The van der Waals surface area contributed by atoms with Gasteiger partial charge in [0.05, 0.1) is 22.5 Å². The standard InChI is InChI=1S/C13H17ClN6O3/c1-6-12(14)8(3)20(19-6)5-10(21)15-7(2)13-16-9(17-18-13)4-11(22)23/h7H,4-5H2,1-3H3,(H,15,21)(H,22,23)(H,16,17,18). The number of carboxylic acid groups (broad SMARTS) is 1. The Kier molecular flexibility index (Phi) is 4.99. The van der Waals surface area contributed by atoms with Crippen LogP contribution in [0.4, 0.5) is 0 Å². The fraction of sp³-hybridized carbons (Fsp3) is 0.462. The molecule has 1 unspecified atom stereocenters. The first-order valence-corrected chi connectivity index (χ1v) is 7.27. The fourth-order valence-corrected chi connectivity index (χ4v) is 2.18. The van der Waals surface area contributed by atoms with E-state index in [1.54, 1.807) is 20.8 Å². The molecule has 10 heteroatoms. The van der Waals surface area contributed by atoms with Crippen LogP contribution in [-0.2, 0) is 22.6 Å². The molecule has 0 aliphatic heterocycles. The number of aromatic amines is 1. The smallest absolute Gasteiger partial charge is 0.311 e. The van der Waals surface area contributed by atoms with Crippen LogP contribution in [0, 0.1) is 13.8 Å². The topological polar surface area (TPSA) is 126 Å². The summed E-state index contributed by atoms with van der Waals surface area (Å²) in [5, 5.41) is 22.6. The Hall–Kier alpha value is -2.42. The summed E-state index contributed by atoms with van der Waals surface area (Å²) < 4.78 is 1.52. The van der Waals surface area contributed by atoms with E-state index in [1.165, 1.54) is 4.68 Å². The van der Waals surface area contributed by atoms with Gasteiger partial charge in [-0.25, -0.2) is 4.98 Å². The van der Waals surface area contributed by atoms with Crippen molar-refractivity contribution >= 4 is 23.5 Å². The quantitative estimate of drug-likeness (QED) is 0.713. The number of amides is 1. The van der Waals surface area contributed by atoms with Crippen LogP contribution in [0.25, 0.3) is 0 Å². The third-order valence-electron chi connectivity index (χ3n) is 3.22. The predicted octanol–water partition coefficient (Wildman–Crippen LogP) is 0.776. The molecule has 2 aromatic rings. The molecule has 2 aromatic heterocycles. The van der Waals surface area contributed by atoms with Crippen molar-refractivity contribution in [1.82, 2.24) is 30.3 Å². The molecule has 0 bridgehead atoms. The van der Waals surface area contributed by atoms with E-state index in [9.17, 15) is 9.59 Å². The number of halogens is 1. The molecule has 0 spiro atoms. The number of rotatable bonds is 6. The number of nitrogens with zero attached hydrogens (tertiary/aromatic N) is 4. The van der Waals surface area contributed by atoms with E-state index >= 15 is 0 Å². The van der Waals surface area contributed by atoms with Gasteiger partial charge >= 0.3 is 5.97 Å². The van der Waals surface area contributed by atoms with Gasteiger partial charge in [0.2, 0.25) is 5.91 Å². The average Bonchev–Trinajstić information content (AvgIpc) is 3.00. The number of aryl methyl sites for hydroxylation is 1. The van der Waals surface area contributed by atoms with Crippen molar-refractivity contribution in [3.63, 3.8) is 0 Å². The van der Waals surface area contributed by atoms with Crippen LogP contribution in [0.1, 0.15) is 36.0 Å². The molecule has 3 N–H and O–H groups in total. The SMILES string of the molecule is Cc1nn(CC(=O)NC(C)c2n[nH]c(CC(=O)O)n2)c(C)c1Cl. The van der Waals surface area contributed by atoms with Gasteiger partial charge in [0.25, 0.3) is 0 Å². The van der Waals surface area contributed by atoms with Crippen molar-refractivity contribution in [1.29, 1.82) is 0 Å². The van der Waals surface area contributed by atoms with E-state index in [0.29, 0.717) is 22.2 Å². The van der Waals surface area contributed by atoms with Crippen LogP contribution in [0.15, 0.2) is 0 Å². The molecule has 0 aliphatic rings. The van der Waals surface area contributed by atoms with Gasteiger partial charge in [-0.15, -0.1) is 0 Å². The molecule has 9 nitrogen and oxygen atoms in total. The van der Waals surface area contributed by atoms with Crippen molar-refractivity contribution in [2.75, 3.05) is 0 Å². The zero-order valence-corrected chi connectivity index (χ0v) is 13.7. The number of aliphatic carboxylic acids is 1. The molecule has 0 saturated carbocycles. The summed E-state index contributed by atoms with van der Waals surface area (Å²) in [6.07, 6.45) is -0.252. The summed E-state index contributed by atoms with van der Waals surface area (Å²) in [6.45, 7) is 5.28. The molecule has 1 atom stereocenters. The lowest BCUT2D eigenvalue weighted by molar-refractivity contribution is -0.136. The largest absolute Gasteiger partial charge is 0.481 e. The van der Waals surface area contributed by atoms with Crippen molar-refractivity contribution < 1.29 is 14.7 Å². The van der Waals surface area contributed by atoms with E-state index in [-0.39, 0.29) is 24.7 Å². The summed E-state index contributed by atoms with van der Waals surface area (Å²) in [5.74, 6) is -0.727. The van der Waals surface area contributed by atoms with Crippen molar-refractivity contribution in [3.8, 4) is 0 Å². The second kappa shape index (κ2) is 6.78. The lowest BCUT2D eigenvalue weighted by Gasteiger charge is -2.11. The number of hydrogen-bond acceptors (Lipinski definition) is 5. The van der Waals surface area contributed by atoms with E-state index in [0.717, 1.165) is 0 Å². The first kappa shape index (κ1) is 16.9. The maximum Gasteiger partial charge on any atom is 0.311 e. The maximum atomic E-state index is 12.1. The summed E-state index contributed by atoms with van der Waals surface area (Å²) in [7, 11) is 0. The predicted molar refractivity (Wildman–Crippen MR) is 81.0 cm³/mol. The Balaban J connectivity index is 1.97. The molecule has 0 aliphatic carbocycles. The molecule has 1 amide bonds. The molecular weight excluding hydrogens is 324 g/mol. The van der Waals surface area contributed by atoms with Crippen LogP contribution in [0.3, 0.4) is 0 Å². The number of hydrogen-bond donors (Lipinski definition) is 3. The maximum absolute atomic E-state index is 12.1. The Bertz CT molecular complexity index is 738. The van der Waals surface area contributed by atoms with Gasteiger partial charge < -0.3 is 10.4 Å². The summed E-state index contributed by atoms with van der Waals surface area (Å²) in [6, 6.07) is -0.464. The zero-order valence-electron chi connectivity index (χ0n) is 12.9. The highest BCUT2D eigenvalue weighted by molar-refractivity contribution is 6.31. The summed E-state index contributed by atoms with van der Waals surface area (Å²) in [4.78, 5) is 26.7. The Morgan fingerprint density at radius 2 is 2.13 bits per heavy atom. The lowest BCUT2D eigenvalue weighted by Crippen LogP contribution is -2.31. The van der Waals surface area contributed by atoms with Gasteiger partial charge in [0.1, 0.15) is 18.8 Å².